The van der Waals surface area contributed by atoms with Gasteiger partial charge in [0.15, 0.2) is 0 Å². The largest absolute Gasteiger partial charge is 0.391 e. The lowest BCUT2D eigenvalue weighted by Gasteiger charge is -2.36. The van der Waals surface area contributed by atoms with Gasteiger partial charge in [-0.3, -0.25) is 4.90 Å². The van der Waals surface area contributed by atoms with E-state index in [0.29, 0.717) is 18.6 Å². The van der Waals surface area contributed by atoms with E-state index in [1.165, 1.54) is 39.4 Å². The quantitative estimate of drug-likeness (QED) is 0.879. The van der Waals surface area contributed by atoms with Crippen LogP contribution in [0.3, 0.4) is 0 Å². The smallest absolute Gasteiger partial charge is 0.225 e. The van der Waals surface area contributed by atoms with Crippen LogP contribution in [0.2, 0.25) is 0 Å². The molecule has 3 atom stereocenters. The van der Waals surface area contributed by atoms with Gasteiger partial charge in [0.2, 0.25) is 5.95 Å². The molecule has 2 aromatic heterocycles. The molecule has 0 spiro atoms. The molecule has 2 saturated heterocycles. The second kappa shape index (κ2) is 6.83. The predicted molar refractivity (Wildman–Crippen MR) is 108 cm³/mol. The minimum absolute atomic E-state index is 0.248. The molecule has 2 bridgehead atoms. The molecular formula is C21H28N4OS. The Balaban J connectivity index is 1.40. The third-order valence-corrected chi connectivity index (χ3v) is 7.50. The summed E-state index contributed by atoms with van der Waals surface area (Å²) in [7, 11) is 0. The van der Waals surface area contributed by atoms with Crippen LogP contribution in [0.1, 0.15) is 58.3 Å². The van der Waals surface area contributed by atoms with Gasteiger partial charge in [0.25, 0.3) is 0 Å². The Bertz CT molecular complexity index is 851. The highest BCUT2D eigenvalue weighted by atomic mass is 32.1. The van der Waals surface area contributed by atoms with E-state index >= 15 is 0 Å². The van der Waals surface area contributed by atoms with Gasteiger partial charge in [-0.2, -0.15) is 0 Å². The topological polar surface area (TPSA) is 52.5 Å². The third kappa shape index (κ3) is 3.18. The zero-order chi connectivity index (χ0) is 18.5. The van der Waals surface area contributed by atoms with Crippen molar-refractivity contribution >= 4 is 17.3 Å². The van der Waals surface area contributed by atoms with E-state index in [4.69, 9.17) is 9.97 Å². The van der Waals surface area contributed by atoms with Crippen LogP contribution in [0.15, 0.2) is 12.3 Å². The summed E-state index contributed by atoms with van der Waals surface area (Å²) >= 11 is 1.91. The zero-order valence-electron chi connectivity index (χ0n) is 16.2. The molecule has 27 heavy (non-hydrogen) atoms. The highest BCUT2D eigenvalue weighted by Gasteiger charge is 2.41. The number of aryl methyl sites for hydroxylation is 2. The van der Waals surface area contributed by atoms with Crippen molar-refractivity contribution in [1.29, 1.82) is 0 Å². The molecule has 0 radical (unpaired) electrons. The van der Waals surface area contributed by atoms with E-state index in [2.05, 4.69) is 35.9 Å². The van der Waals surface area contributed by atoms with Crippen molar-refractivity contribution in [2.24, 2.45) is 0 Å². The van der Waals surface area contributed by atoms with Crippen LogP contribution in [-0.4, -0.2) is 45.2 Å². The molecule has 3 aliphatic rings. The first kappa shape index (κ1) is 17.6. The molecule has 5 nitrogen and oxygen atoms in total. The van der Waals surface area contributed by atoms with Gasteiger partial charge in [-0.1, -0.05) is 0 Å². The molecule has 2 fully saturated rings. The third-order valence-electron chi connectivity index (χ3n) is 6.49. The van der Waals surface area contributed by atoms with Crippen LogP contribution in [0.25, 0.3) is 0 Å². The summed E-state index contributed by atoms with van der Waals surface area (Å²) in [5.41, 5.74) is 4.05. The average Bonchev–Trinajstić information content (AvgIpc) is 3.11. The second-order valence-corrected chi connectivity index (χ2v) is 9.84. The number of piperidine rings is 1. The minimum atomic E-state index is -0.248. The predicted octanol–water partition coefficient (Wildman–Crippen LogP) is 3.38. The number of fused-ring (bicyclic) bond motifs is 4. The van der Waals surface area contributed by atoms with Gasteiger partial charge in [0, 0.05) is 59.7 Å². The monoisotopic (exact) mass is 384 g/mol. The maximum atomic E-state index is 9.97. The molecular weight excluding hydrogens is 356 g/mol. The Labute approximate surface area is 165 Å². The van der Waals surface area contributed by atoms with E-state index in [9.17, 15) is 5.11 Å². The van der Waals surface area contributed by atoms with E-state index in [1.54, 1.807) is 0 Å². The first-order chi connectivity index (χ1) is 13.1. The van der Waals surface area contributed by atoms with E-state index in [0.717, 1.165) is 38.3 Å². The summed E-state index contributed by atoms with van der Waals surface area (Å²) in [5.74, 6) is 0.810. The number of hydrogen-bond donors (Lipinski definition) is 1. The molecule has 0 aromatic carbocycles. The average molecular weight is 385 g/mol. The molecule has 0 saturated carbocycles. The van der Waals surface area contributed by atoms with Crippen molar-refractivity contribution in [3.8, 4) is 0 Å². The van der Waals surface area contributed by atoms with Crippen LogP contribution in [0.5, 0.6) is 0 Å². The van der Waals surface area contributed by atoms with Gasteiger partial charge in [0.1, 0.15) is 0 Å². The molecule has 1 N–H and O–H groups in total. The Morgan fingerprint density at radius 2 is 2.15 bits per heavy atom. The van der Waals surface area contributed by atoms with E-state index in [-0.39, 0.29) is 6.10 Å². The van der Waals surface area contributed by atoms with Gasteiger partial charge in [0.05, 0.1) is 11.8 Å². The molecule has 5 heterocycles. The Morgan fingerprint density at radius 3 is 2.93 bits per heavy atom. The van der Waals surface area contributed by atoms with Crippen molar-refractivity contribution in [2.75, 3.05) is 18.0 Å². The number of hydrogen-bond acceptors (Lipinski definition) is 6. The van der Waals surface area contributed by atoms with Crippen LogP contribution in [0.4, 0.5) is 5.95 Å². The number of aliphatic hydroxyl groups excluding tert-OH is 1. The maximum Gasteiger partial charge on any atom is 0.225 e. The molecule has 3 aliphatic heterocycles. The standard InChI is InChI=1S/C21H28N4OS/c1-13-8-15(14(2)27-13)11-25-16-5-6-20(25)18-10-22-21(23-19(18)9-16)24-7-3-4-17(26)12-24/h8,10,16-17,20,26H,3-7,9,11-12H2,1-2H3/t16-,17-,20-/m0/s1. The molecule has 5 rings (SSSR count). The fourth-order valence-electron chi connectivity index (χ4n) is 5.14. The van der Waals surface area contributed by atoms with Crippen molar-refractivity contribution in [3.63, 3.8) is 0 Å². The Morgan fingerprint density at radius 1 is 1.26 bits per heavy atom. The number of aromatic nitrogens is 2. The summed E-state index contributed by atoms with van der Waals surface area (Å²) in [6, 6.07) is 3.41. The van der Waals surface area contributed by atoms with E-state index in [1.807, 2.05) is 11.3 Å². The van der Waals surface area contributed by atoms with Gasteiger partial charge in [-0.05, 0) is 51.2 Å². The van der Waals surface area contributed by atoms with Crippen molar-refractivity contribution in [3.05, 3.63) is 38.8 Å². The molecule has 2 aromatic rings. The number of thiophene rings is 1. The Kier molecular flexibility index (Phi) is 4.45. The van der Waals surface area contributed by atoms with Gasteiger partial charge in [-0.15, -0.1) is 11.3 Å². The Hall–Kier alpha value is -1.50. The number of aliphatic hydroxyl groups is 1. The molecule has 0 aliphatic carbocycles. The van der Waals surface area contributed by atoms with Crippen LogP contribution >= 0.6 is 11.3 Å². The molecule has 6 heteroatoms. The first-order valence-corrected chi connectivity index (χ1v) is 11.0. The van der Waals surface area contributed by atoms with Gasteiger partial charge in [-0.25, -0.2) is 9.97 Å². The molecule has 144 valence electrons. The normalized spacial score (nSPS) is 27.8. The lowest BCUT2D eigenvalue weighted by atomic mass is 9.98. The number of rotatable bonds is 3. The fraction of sp³-hybridized carbons (Fsp3) is 0.619. The highest BCUT2D eigenvalue weighted by Crippen LogP contribution is 2.44. The van der Waals surface area contributed by atoms with E-state index < -0.39 is 0 Å². The van der Waals surface area contributed by atoms with Gasteiger partial charge < -0.3 is 10.0 Å². The summed E-state index contributed by atoms with van der Waals surface area (Å²) in [6.07, 6.45) is 7.22. The second-order valence-electron chi connectivity index (χ2n) is 8.38. The summed E-state index contributed by atoms with van der Waals surface area (Å²) in [5, 5.41) is 9.97. The summed E-state index contributed by atoms with van der Waals surface area (Å²) in [4.78, 5) is 17.4. The van der Waals surface area contributed by atoms with Crippen molar-refractivity contribution in [1.82, 2.24) is 14.9 Å². The SMILES string of the molecule is Cc1cc(CN2[C@H]3CC[C@H]2c2cnc(N4CCC[C@H](O)C4)nc2C3)c(C)s1. The lowest BCUT2D eigenvalue weighted by Crippen LogP contribution is -2.41. The first-order valence-electron chi connectivity index (χ1n) is 10.2. The van der Waals surface area contributed by atoms with Crippen molar-refractivity contribution < 1.29 is 5.11 Å². The minimum Gasteiger partial charge on any atom is -0.391 e. The van der Waals surface area contributed by atoms with Crippen molar-refractivity contribution in [2.45, 2.75) is 70.7 Å². The summed E-state index contributed by atoms with van der Waals surface area (Å²) in [6.45, 7) is 7.11. The number of β-amino-alcohol motifs (C(OH)–C–C–N with tert-alkyl or cyclic N) is 1. The fourth-order valence-corrected chi connectivity index (χ4v) is 6.07. The number of anilines is 1. The molecule has 0 unspecified atom stereocenters. The lowest BCUT2D eigenvalue weighted by molar-refractivity contribution is 0.153. The number of nitrogens with zero attached hydrogens (tertiary/aromatic N) is 4. The van der Waals surface area contributed by atoms with Gasteiger partial charge >= 0.3 is 0 Å². The maximum absolute atomic E-state index is 9.97. The molecule has 0 amide bonds. The zero-order valence-corrected chi connectivity index (χ0v) is 17.0. The van der Waals surface area contributed by atoms with Crippen LogP contribution in [-0.2, 0) is 13.0 Å². The van der Waals surface area contributed by atoms with Crippen LogP contribution < -0.4 is 4.90 Å². The summed E-state index contributed by atoms with van der Waals surface area (Å²) < 4.78 is 0. The van der Waals surface area contributed by atoms with Crippen LogP contribution in [0, 0.1) is 13.8 Å². The highest BCUT2D eigenvalue weighted by molar-refractivity contribution is 7.12.